The molecule has 3 rings (SSSR count). The van der Waals surface area contributed by atoms with E-state index in [9.17, 15) is 28.1 Å². The maximum Gasteiger partial charge on any atom is 0.423 e. The number of H-pyrrole nitrogens is 1. The van der Waals surface area contributed by atoms with Crippen molar-refractivity contribution in [2.75, 3.05) is 0 Å². The van der Waals surface area contributed by atoms with E-state index in [0.717, 1.165) is 4.40 Å². The number of nitrogens with zero attached hydrogens (tertiary/aromatic N) is 2. The van der Waals surface area contributed by atoms with E-state index in [0.29, 0.717) is 0 Å². The number of benzene rings is 1. The Bertz CT molecular complexity index is 1040. The molecule has 1 N–H and O–H groups in total. The molecular weight excluding hydrogens is 362 g/mol. The normalized spacial score (nSPS) is 12.2. The lowest BCUT2D eigenvalue weighted by Gasteiger charge is -2.07. The first-order valence-corrected chi connectivity index (χ1v) is 6.65. The van der Waals surface area contributed by atoms with Gasteiger partial charge in [-0.1, -0.05) is 23.2 Å². The molecule has 0 radical (unpaired) electrons. The molecule has 0 atom stereocenters. The number of alkyl halides is 3. The second-order valence-corrected chi connectivity index (χ2v) is 5.41. The van der Waals surface area contributed by atoms with Gasteiger partial charge in [-0.05, 0) is 12.1 Å². The fourth-order valence-electron chi connectivity index (χ4n) is 2.30. The van der Waals surface area contributed by atoms with Crippen molar-refractivity contribution in [1.82, 2.24) is 9.38 Å². The standard InChI is InChI=1S/C12H4Cl2F3N3O3/c13-5-2-7-8(3-6(5)14)19-9(21)1-4(12(15,16)17)10(20(22)23)11(19)18-7/h1-3,18H. The summed E-state index contributed by atoms with van der Waals surface area (Å²) in [4.78, 5) is 24.4. The molecule has 0 saturated carbocycles. The first-order chi connectivity index (χ1) is 10.6. The van der Waals surface area contributed by atoms with Gasteiger partial charge in [0.05, 0.1) is 26.0 Å². The largest absolute Gasteiger partial charge is 0.423 e. The van der Waals surface area contributed by atoms with Crippen molar-refractivity contribution in [2.45, 2.75) is 6.18 Å². The van der Waals surface area contributed by atoms with Crippen LogP contribution in [0.3, 0.4) is 0 Å². The van der Waals surface area contributed by atoms with Crippen molar-refractivity contribution in [1.29, 1.82) is 0 Å². The summed E-state index contributed by atoms with van der Waals surface area (Å²) in [6.45, 7) is 0. The Morgan fingerprint density at radius 3 is 2.35 bits per heavy atom. The van der Waals surface area contributed by atoms with E-state index in [1.807, 2.05) is 0 Å². The molecule has 11 heteroatoms. The van der Waals surface area contributed by atoms with Crippen LogP contribution in [0.5, 0.6) is 0 Å². The molecule has 23 heavy (non-hydrogen) atoms. The van der Waals surface area contributed by atoms with E-state index in [2.05, 4.69) is 4.98 Å². The maximum atomic E-state index is 13.0. The average molecular weight is 366 g/mol. The zero-order valence-corrected chi connectivity index (χ0v) is 12.3. The molecule has 0 aliphatic carbocycles. The lowest BCUT2D eigenvalue weighted by atomic mass is 10.2. The Hall–Kier alpha value is -2.26. The molecule has 0 aliphatic rings. The molecule has 0 unspecified atom stereocenters. The number of imidazole rings is 1. The van der Waals surface area contributed by atoms with E-state index in [1.54, 1.807) is 0 Å². The zero-order chi connectivity index (χ0) is 17.1. The van der Waals surface area contributed by atoms with Gasteiger partial charge in [-0.25, -0.2) is 0 Å². The second-order valence-electron chi connectivity index (χ2n) is 4.59. The number of aromatic nitrogens is 2. The van der Waals surface area contributed by atoms with Gasteiger partial charge < -0.3 is 4.98 Å². The zero-order valence-electron chi connectivity index (χ0n) is 10.7. The summed E-state index contributed by atoms with van der Waals surface area (Å²) >= 11 is 11.6. The summed E-state index contributed by atoms with van der Waals surface area (Å²) < 4.78 is 39.7. The molecule has 120 valence electrons. The van der Waals surface area contributed by atoms with Crippen LogP contribution in [0.1, 0.15) is 5.56 Å². The third-order valence-corrected chi connectivity index (χ3v) is 3.93. The maximum absolute atomic E-state index is 13.0. The molecule has 0 fully saturated rings. The third kappa shape index (κ3) is 2.32. The molecule has 0 aliphatic heterocycles. The van der Waals surface area contributed by atoms with Gasteiger partial charge >= 0.3 is 11.9 Å². The van der Waals surface area contributed by atoms with Crippen molar-refractivity contribution < 1.29 is 18.1 Å². The number of nitrogens with one attached hydrogen (secondary N) is 1. The quantitative estimate of drug-likeness (QED) is 0.522. The lowest BCUT2D eigenvalue weighted by molar-refractivity contribution is -0.386. The molecular formula is C12H4Cl2F3N3O3. The number of pyridine rings is 1. The minimum Gasteiger partial charge on any atom is -0.334 e. The predicted molar refractivity (Wildman–Crippen MR) is 77.2 cm³/mol. The highest BCUT2D eigenvalue weighted by Crippen LogP contribution is 2.38. The molecule has 6 nitrogen and oxygen atoms in total. The van der Waals surface area contributed by atoms with Gasteiger partial charge in [0, 0.05) is 6.07 Å². The number of hydrogen-bond acceptors (Lipinski definition) is 3. The van der Waals surface area contributed by atoms with E-state index in [1.165, 1.54) is 12.1 Å². The van der Waals surface area contributed by atoms with E-state index in [-0.39, 0.29) is 27.1 Å². The fraction of sp³-hybridized carbons (Fsp3) is 0.0833. The van der Waals surface area contributed by atoms with Crippen molar-refractivity contribution in [2.24, 2.45) is 0 Å². The summed E-state index contributed by atoms with van der Waals surface area (Å²) in [6, 6.07) is 2.69. The number of fused-ring (bicyclic) bond motifs is 3. The summed E-state index contributed by atoms with van der Waals surface area (Å²) in [6.07, 6.45) is -5.05. The smallest absolute Gasteiger partial charge is 0.334 e. The van der Waals surface area contributed by atoms with Crippen LogP contribution >= 0.6 is 23.2 Å². The molecule has 2 heterocycles. The van der Waals surface area contributed by atoms with Crippen molar-refractivity contribution >= 4 is 45.6 Å². The highest BCUT2D eigenvalue weighted by Gasteiger charge is 2.41. The van der Waals surface area contributed by atoms with Crippen molar-refractivity contribution in [3.63, 3.8) is 0 Å². The van der Waals surface area contributed by atoms with Gasteiger partial charge in [-0.3, -0.25) is 19.3 Å². The Kier molecular flexibility index (Phi) is 3.31. The molecule has 0 amide bonds. The Labute approximate surface area is 134 Å². The first kappa shape index (κ1) is 15.6. The highest BCUT2D eigenvalue weighted by atomic mass is 35.5. The Balaban J connectivity index is 2.60. The predicted octanol–water partition coefficient (Wildman–Crippen LogP) is 4.01. The van der Waals surface area contributed by atoms with Crippen LogP contribution in [-0.2, 0) is 6.18 Å². The fourth-order valence-corrected chi connectivity index (χ4v) is 2.63. The molecule has 0 spiro atoms. The lowest BCUT2D eigenvalue weighted by Crippen LogP contribution is -2.19. The number of rotatable bonds is 1. The van der Waals surface area contributed by atoms with E-state index in [4.69, 9.17) is 23.2 Å². The summed E-state index contributed by atoms with van der Waals surface area (Å²) in [5.41, 5.74) is -4.34. The van der Waals surface area contributed by atoms with Gasteiger partial charge in [0.25, 0.3) is 5.56 Å². The molecule has 1 aromatic carbocycles. The SMILES string of the molecule is O=c1cc(C(F)(F)F)c([N+](=O)[O-])c2[nH]c3cc(Cl)c(Cl)cc3n12. The number of hydrogen-bond donors (Lipinski definition) is 1. The van der Waals surface area contributed by atoms with Crippen LogP contribution in [0.4, 0.5) is 18.9 Å². The molecule has 3 aromatic rings. The van der Waals surface area contributed by atoms with E-state index >= 15 is 0 Å². The summed E-state index contributed by atoms with van der Waals surface area (Å²) in [7, 11) is 0. The van der Waals surface area contributed by atoms with Crippen LogP contribution in [0.2, 0.25) is 10.0 Å². The molecule has 0 bridgehead atoms. The molecule has 0 saturated heterocycles. The Morgan fingerprint density at radius 1 is 1.17 bits per heavy atom. The van der Waals surface area contributed by atoms with Gasteiger partial charge in [0.15, 0.2) is 5.65 Å². The van der Waals surface area contributed by atoms with Crippen molar-refractivity contribution in [3.8, 4) is 0 Å². The second kappa shape index (κ2) is 4.87. The van der Waals surface area contributed by atoms with Crippen molar-refractivity contribution in [3.05, 3.63) is 54.3 Å². The van der Waals surface area contributed by atoms with Crippen LogP contribution in [0.15, 0.2) is 23.0 Å². The number of nitro groups is 1. The van der Waals surface area contributed by atoms with Crippen LogP contribution in [0, 0.1) is 10.1 Å². The number of halogens is 5. The van der Waals surface area contributed by atoms with Gasteiger partial charge in [-0.2, -0.15) is 13.2 Å². The number of aromatic amines is 1. The minimum absolute atomic E-state index is 0.0505. The third-order valence-electron chi connectivity index (χ3n) is 3.21. The van der Waals surface area contributed by atoms with Crippen LogP contribution in [0.25, 0.3) is 16.7 Å². The Morgan fingerprint density at radius 2 is 1.78 bits per heavy atom. The summed E-state index contributed by atoms with van der Waals surface area (Å²) in [5.74, 6) is 0. The average Bonchev–Trinajstić information content (AvgIpc) is 2.76. The topological polar surface area (TPSA) is 80.4 Å². The molecule has 2 aromatic heterocycles. The highest BCUT2D eigenvalue weighted by molar-refractivity contribution is 6.42. The van der Waals surface area contributed by atoms with Crippen LogP contribution in [-0.4, -0.2) is 14.3 Å². The minimum atomic E-state index is -5.05. The van der Waals surface area contributed by atoms with E-state index < -0.39 is 33.6 Å². The summed E-state index contributed by atoms with van der Waals surface area (Å²) in [5, 5.41) is 11.3. The van der Waals surface area contributed by atoms with Gasteiger partial charge in [0.1, 0.15) is 5.56 Å². The van der Waals surface area contributed by atoms with Gasteiger partial charge in [-0.15, -0.1) is 0 Å². The first-order valence-electron chi connectivity index (χ1n) is 5.89. The monoisotopic (exact) mass is 365 g/mol. The van der Waals surface area contributed by atoms with Gasteiger partial charge in [0.2, 0.25) is 0 Å². The van der Waals surface area contributed by atoms with Crippen LogP contribution < -0.4 is 5.56 Å².